The summed E-state index contributed by atoms with van der Waals surface area (Å²) in [6.07, 6.45) is 1.63. The molecule has 2 heterocycles. The van der Waals surface area contributed by atoms with Gasteiger partial charge in [0, 0.05) is 29.7 Å². The van der Waals surface area contributed by atoms with Crippen molar-refractivity contribution in [3.05, 3.63) is 66.6 Å². The number of nitrogens with zero attached hydrogens (tertiary/aromatic N) is 3. The van der Waals surface area contributed by atoms with E-state index < -0.39 is 18.2 Å². The average Bonchev–Trinajstić information content (AvgIpc) is 3.14. The van der Waals surface area contributed by atoms with Gasteiger partial charge in [-0.15, -0.1) is 0 Å². The Hall–Kier alpha value is -3.03. The van der Waals surface area contributed by atoms with E-state index in [1.807, 2.05) is 30.3 Å². The number of aliphatic hydroxyl groups is 2. The average molecular weight is 353 g/mol. The molecule has 0 radical (unpaired) electrons. The van der Waals surface area contributed by atoms with Crippen molar-refractivity contribution < 1.29 is 19.7 Å². The monoisotopic (exact) mass is 353 g/mol. The van der Waals surface area contributed by atoms with E-state index >= 15 is 0 Å². The third kappa shape index (κ3) is 3.63. The highest BCUT2D eigenvalue weighted by atomic mass is 16.5. The summed E-state index contributed by atoms with van der Waals surface area (Å²) < 4.78 is 6.39. The molecule has 7 heteroatoms. The van der Waals surface area contributed by atoms with Crippen LogP contribution in [0.1, 0.15) is 18.6 Å². The largest absolute Gasteiger partial charge is 0.464 e. The number of carbonyl (C=O) groups excluding carboxylic acids is 1. The molecule has 7 nitrogen and oxygen atoms in total. The summed E-state index contributed by atoms with van der Waals surface area (Å²) in [5.41, 5.74) is 2.26. The molecule has 2 unspecified atom stereocenters. The zero-order chi connectivity index (χ0) is 18.5. The molecular weight excluding hydrogens is 334 g/mol. The first-order valence-corrected chi connectivity index (χ1v) is 8.20. The van der Waals surface area contributed by atoms with Crippen LogP contribution in [-0.4, -0.2) is 43.7 Å². The molecule has 2 atom stereocenters. The third-order valence-corrected chi connectivity index (χ3v) is 3.86. The lowest BCUT2D eigenvalue weighted by Gasteiger charge is -2.16. The first-order valence-electron chi connectivity index (χ1n) is 8.20. The van der Waals surface area contributed by atoms with Crippen molar-refractivity contribution in [2.45, 2.75) is 19.1 Å². The molecule has 26 heavy (non-hydrogen) atoms. The minimum absolute atomic E-state index is 0.114. The Morgan fingerprint density at radius 2 is 1.85 bits per heavy atom. The second-order valence-corrected chi connectivity index (χ2v) is 5.59. The molecule has 2 N–H and O–H groups in total. The molecule has 0 bridgehead atoms. The molecular formula is C19H19N3O4. The Morgan fingerprint density at radius 3 is 2.50 bits per heavy atom. The Bertz CT molecular complexity index is 865. The Morgan fingerprint density at radius 1 is 1.15 bits per heavy atom. The fraction of sp³-hybridized carbons (Fsp3) is 0.211. The van der Waals surface area contributed by atoms with Crippen molar-refractivity contribution in [2.75, 3.05) is 6.61 Å². The second-order valence-electron chi connectivity index (χ2n) is 5.59. The van der Waals surface area contributed by atoms with Crippen molar-refractivity contribution >= 4 is 5.97 Å². The van der Waals surface area contributed by atoms with Crippen LogP contribution in [0, 0.1) is 0 Å². The number of pyridine rings is 1. The molecule has 0 aliphatic carbocycles. The maximum Gasteiger partial charge on any atom is 0.338 e. The van der Waals surface area contributed by atoms with Crippen molar-refractivity contribution in [2.24, 2.45) is 0 Å². The van der Waals surface area contributed by atoms with Gasteiger partial charge in [0.2, 0.25) is 0 Å². The van der Waals surface area contributed by atoms with Crippen molar-refractivity contribution in [3.8, 4) is 16.9 Å². The van der Waals surface area contributed by atoms with Gasteiger partial charge in [-0.05, 0) is 31.2 Å². The van der Waals surface area contributed by atoms with Gasteiger partial charge in [0.15, 0.2) is 6.10 Å². The molecule has 0 amide bonds. The topological polar surface area (TPSA) is 97.5 Å². The summed E-state index contributed by atoms with van der Waals surface area (Å²) in [7, 11) is 0. The summed E-state index contributed by atoms with van der Waals surface area (Å²) in [6.45, 7) is 1.75. The molecule has 0 saturated heterocycles. The van der Waals surface area contributed by atoms with Crippen LogP contribution >= 0.6 is 0 Å². The van der Waals surface area contributed by atoms with E-state index in [2.05, 4.69) is 10.1 Å². The van der Waals surface area contributed by atoms with E-state index in [-0.39, 0.29) is 6.61 Å². The zero-order valence-corrected chi connectivity index (χ0v) is 14.2. The van der Waals surface area contributed by atoms with Crippen LogP contribution in [0.5, 0.6) is 0 Å². The van der Waals surface area contributed by atoms with Gasteiger partial charge >= 0.3 is 5.97 Å². The zero-order valence-electron chi connectivity index (χ0n) is 14.2. The Labute approximate surface area is 150 Å². The van der Waals surface area contributed by atoms with Gasteiger partial charge in [-0.25, -0.2) is 9.48 Å². The highest BCUT2D eigenvalue weighted by molar-refractivity contribution is 5.76. The Kier molecular flexibility index (Phi) is 5.40. The van der Waals surface area contributed by atoms with Gasteiger partial charge in [0.1, 0.15) is 6.10 Å². The maximum atomic E-state index is 11.8. The van der Waals surface area contributed by atoms with E-state index in [9.17, 15) is 15.0 Å². The summed E-state index contributed by atoms with van der Waals surface area (Å²) in [6, 6.07) is 12.8. The summed E-state index contributed by atoms with van der Waals surface area (Å²) in [5.74, 6) is -0.881. The first kappa shape index (κ1) is 17.8. The summed E-state index contributed by atoms with van der Waals surface area (Å²) in [5, 5.41) is 25.2. The van der Waals surface area contributed by atoms with E-state index in [1.165, 1.54) is 0 Å². The van der Waals surface area contributed by atoms with Gasteiger partial charge in [0.25, 0.3) is 0 Å². The van der Waals surface area contributed by atoms with Crippen LogP contribution in [-0.2, 0) is 9.53 Å². The van der Waals surface area contributed by atoms with Gasteiger partial charge in [-0.2, -0.15) is 5.10 Å². The second kappa shape index (κ2) is 7.90. The third-order valence-electron chi connectivity index (χ3n) is 3.86. The number of benzene rings is 1. The summed E-state index contributed by atoms with van der Waals surface area (Å²) >= 11 is 0. The van der Waals surface area contributed by atoms with Gasteiger partial charge in [0.05, 0.1) is 18.0 Å². The lowest BCUT2D eigenvalue weighted by Crippen LogP contribution is -2.30. The maximum absolute atomic E-state index is 11.8. The van der Waals surface area contributed by atoms with Crippen molar-refractivity contribution in [1.82, 2.24) is 14.8 Å². The molecule has 3 rings (SSSR count). The van der Waals surface area contributed by atoms with Gasteiger partial charge in [-0.3, -0.25) is 4.98 Å². The first-order chi connectivity index (χ1) is 12.6. The highest BCUT2D eigenvalue weighted by Crippen LogP contribution is 2.30. The van der Waals surface area contributed by atoms with Crippen LogP contribution in [0.3, 0.4) is 0 Å². The lowest BCUT2D eigenvalue weighted by atomic mass is 10.0. The number of para-hydroxylation sites is 1. The predicted molar refractivity (Wildman–Crippen MR) is 94.4 cm³/mol. The fourth-order valence-electron chi connectivity index (χ4n) is 2.58. The molecule has 0 spiro atoms. The number of hydrogen-bond acceptors (Lipinski definition) is 6. The number of ether oxygens (including phenoxy) is 1. The van der Waals surface area contributed by atoms with Crippen molar-refractivity contribution in [1.29, 1.82) is 0 Å². The number of rotatable bonds is 6. The fourth-order valence-corrected chi connectivity index (χ4v) is 2.58. The van der Waals surface area contributed by atoms with Gasteiger partial charge < -0.3 is 14.9 Å². The van der Waals surface area contributed by atoms with Crippen molar-refractivity contribution in [3.63, 3.8) is 0 Å². The van der Waals surface area contributed by atoms with Crippen LogP contribution in [0.4, 0.5) is 0 Å². The standard InChI is InChI=1S/C19H19N3O4/c1-2-26-19(25)18(24)17(23)15-12-22(14-6-4-3-5-7-14)21-16(15)13-8-10-20-11-9-13/h3-12,17-18,23-24H,2H2,1H3. The van der Waals surface area contributed by atoms with Crippen LogP contribution in [0.25, 0.3) is 16.9 Å². The van der Waals surface area contributed by atoms with Crippen LogP contribution < -0.4 is 0 Å². The Balaban J connectivity index is 2.05. The van der Waals surface area contributed by atoms with E-state index in [0.717, 1.165) is 5.69 Å². The molecule has 134 valence electrons. The predicted octanol–water partition coefficient (Wildman–Crippen LogP) is 1.89. The number of hydrogen-bond donors (Lipinski definition) is 2. The van der Waals surface area contributed by atoms with Gasteiger partial charge in [-0.1, -0.05) is 18.2 Å². The molecule has 1 aromatic carbocycles. The smallest absolute Gasteiger partial charge is 0.338 e. The quantitative estimate of drug-likeness (QED) is 0.657. The molecule has 2 aromatic heterocycles. The number of aromatic nitrogens is 3. The number of aliphatic hydroxyl groups excluding tert-OH is 2. The lowest BCUT2D eigenvalue weighted by molar-refractivity contribution is -0.159. The molecule has 0 aliphatic heterocycles. The van der Waals surface area contributed by atoms with Crippen LogP contribution in [0.15, 0.2) is 61.1 Å². The minimum atomic E-state index is -1.70. The molecule has 0 aliphatic rings. The highest BCUT2D eigenvalue weighted by Gasteiger charge is 2.31. The molecule has 3 aromatic rings. The van der Waals surface area contributed by atoms with E-state index in [0.29, 0.717) is 16.8 Å². The SMILES string of the molecule is CCOC(=O)C(O)C(O)c1cn(-c2ccccc2)nc1-c1ccncc1. The van der Waals surface area contributed by atoms with E-state index in [4.69, 9.17) is 4.74 Å². The minimum Gasteiger partial charge on any atom is -0.464 e. The number of esters is 1. The summed E-state index contributed by atoms with van der Waals surface area (Å²) in [4.78, 5) is 15.8. The molecule has 0 saturated carbocycles. The van der Waals surface area contributed by atoms with Crippen LogP contribution in [0.2, 0.25) is 0 Å². The number of carbonyl (C=O) groups is 1. The van der Waals surface area contributed by atoms with E-state index in [1.54, 1.807) is 42.3 Å². The normalized spacial score (nSPS) is 13.2. The molecule has 0 fully saturated rings.